The summed E-state index contributed by atoms with van der Waals surface area (Å²) in [5.74, 6) is -1.46. The van der Waals surface area contributed by atoms with E-state index in [4.69, 9.17) is 5.11 Å². The maximum atomic E-state index is 12.4. The lowest BCUT2D eigenvalue weighted by atomic mass is 10.1. The third-order valence-electron chi connectivity index (χ3n) is 3.60. The van der Waals surface area contributed by atoms with E-state index in [1.807, 2.05) is 6.07 Å². The van der Waals surface area contributed by atoms with Gasteiger partial charge in [0.15, 0.2) is 0 Å². The minimum atomic E-state index is -0.846. The van der Waals surface area contributed by atoms with Crippen molar-refractivity contribution in [3.63, 3.8) is 0 Å². The minimum absolute atomic E-state index is 0.152. The van der Waals surface area contributed by atoms with Crippen molar-refractivity contribution < 1.29 is 14.7 Å². The first kappa shape index (κ1) is 13.3. The standard InChI is InChI=1S/C14H14N4O3/c19-13(17-5-4-11(7-17)14(20)21)10-2-1-3-12(6-10)18-9-15-8-16-18/h1-3,6,8-9,11H,4-5,7H2,(H,20,21). The van der Waals surface area contributed by atoms with E-state index in [9.17, 15) is 9.59 Å². The highest BCUT2D eigenvalue weighted by Crippen LogP contribution is 2.20. The molecule has 3 rings (SSSR count). The van der Waals surface area contributed by atoms with Crippen LogP contribution in [0.5, 0.6) is 0 Å². The van der Waals surface area contributed by atoms with Gasteiger partial charge in [0.2, 0.25) is 0 Å². The molecule has 21 heavy (non-hydrogen) atoms. The molecule has 1 aromatic carbocycles. The number of rotatable bonds is 3. The second-order valence-corrected chi connectivity index (χ2v) is 4.97. The number of carboxylic acid groups (broad SMARTS) is 1. The first-order valence-electron chi connectivity index (χ1n) is 6.62. The predicted molar refractivity (Wildman–Crippen MR) is 73.0 cm³/mol. The Morgan fingerprint density at radius 2 is 2.19 bits per heavy atom. The summed E-state index contributed by atoms with van der Waals surface area (Å²) in [6, 6.07) is 7.05. The number of likely N-dealkylation sites (tertiary alicyclic amines) is 1. The van der Waals surface area contributed by atoms with E-state index in [1.54, 1.807) is 34.1 Å². The zero-order valence-corrected chi connectivity index (χ0v) is 11.2. The number of hydrogen-bond acceptors (Lipinski definition) is 4. The lowest BCUT2D eigenvalue weighted by molar-refractivity contribution is -0.141. The van der Waals surface area contributed by atoms with Crippen LogP contribution < -0.4 is 0 Å². The number of nitrogens with zero attached hydrogens (tertiary/aromatic N) is 4. The molecule has 1 atom stereocenters. The Balaban J connectivity index is 1.80. The number of carboxylic acids is 1. The summed E-state index contributed by atoms with van der Waals surface area (Å²) in [5, 5.41) is 13.0. The molecule has 7 heteroatoms. The predicted octanol–water partition coefficient (Wildman–Crippen LogP) is 0.814. The smallest absolute Gasteiger partial charge is 0.308 e. The monoisotopic (exact) mass is 286 g/mol. The number of aromatic nitrogens is 3. The molecule has 1 fully saturated rings. The summed E-state index contributed by atoms with van der Waals surface area (Å²) >= 11 is 0. The molecule has 0 aliphatic carbocycles. The molecule has 108 valence electrons. The van der Waals surface area contributed by atoms with Gasteiger partial charge in [0.05, 0.1) is 11.6 Å². The van der Waals surface area contributed by atoms with Crippen molar-refractivity contribution in [3.05, 3.63) is 42.5 Å². The second-order valence-electron chi connectivity index (χ2n) is 4.97. The molecule has 7 nitrogen and oxygen atoms in total. The summed E-state index contributed by atoms with van der Waals surface area (Å²) in [7, 11) is 0. The second kappa shape index (κ2) is 5.35. The Morgan fingerprint density at radius 1 is 1.33 bits per heavy atom. The number of carbonyl (C=O) groups is 2. The van der Waals surface area contributed by atoms with Gasteiger partial charge in [-0.15, -0.1) is 0 Å². The molecule has 1 amide bonds. The molecule has 0 radical (unpaired) electrons. The van der Waals surface area contributed by atoms with E-state index in [1.165, 1.54) is 6.33 Å². The molecule has 0 bridgehead atoms. The molecular weight excluding hydrogens is 272 g/mol. The molecule has 1 aromatic heterocycles. The first-order valence-corrected chi connectivity index (χ1v) is 6.62. The van der Waals surface area contributed by atoms with E-state index in [-0.39, 0.29) is 12.5 Å². The van der Waals surface area contributed by atoms with Gasteiger partial charge >= 0.3 is 5.97 Å². The fourth-order valence-electron chi connectivity index (χ4n) is 2.45. The highest BCUT2D eigenvalue weighted by molar-refractivity contribution is 5.95. The highest BCUT2D eigenvalue weighted by atomic mass is 16.4. The maximum Gasteiger partial charge on any atom is 0.308 e. The van der Waals surface area contributed by atoms with Crippen LogP contribution in [0.3, 0.4) is 0 Å². The summed E-state index contributed by atoms with van der Waals surface area (Å²) in [6.07, 6.45) is 3.48. The van der Waals surface area contributed by atoms with Crippen molar-refractivity contribution in [1.82, 2.24) is 19.7 Å². The van der Waals surface area contributed by atoms with Gasteiger partial charge in [-0.05, 0) is 24.6 Å². The van der Waals surface area contributed by atoms with E-state index in [2.05, 4.69) is 10.1 Å². The van der Waals surface area contributed by atoms with Gasteiger partial charge < -0.3 is 10.0 Å². The fourth-order valence-corrected chi connectivity index (χ4v) is 2.45. The zero-order chi connectivity index (χ0) is 14.8. The van der Waals surface area contributed by atoms with Crippen LogP contribution in [0.1, 0.15) is 16.8 Å². The van der Waals surface area contributed by atoms with Crippen LogP contribution in [0, 0.1) is 5.92 Å². The molecule has 2 heterocycles. The molecule has 1 N–H and O–H groups in total. The molecule has 1 saturated heterocycles. The van der Waals surface area contributed by atoms with E-state index < -0.39 is 11.9 Å². The summed E-state index contributed by atoms with van der Waals surface area (Å²) in [4.78, 5) is 28.8. The average molecular weight is 286 g/mol. The normalized spacial score (nSPS) is 17.9. The average Bonchev–Trinajstić information content (AvgIpc) is 3.18. The third-order valence-corrected chi connectivity index (χ3v) is 3.60. The molecule has 2 aromatic rings. The third kappa shape index (κ3) is 2.62. The largest absolute Gasteiger partial charge is 0.481 e. The number of amides is 1. The number of carbonyl (C=O) groups excluding carboxylic acids is 1. The molecular formula is C14H14N4O3. The Bertz CT molecular complexity index is 669. The lowest BCUT2D eigenvalue weighted by Gasteiger charge is -2.16. The van der Waals surface area contributed by atoms with Gasteiger partial charge in [0, 0.05) is 18.7 Å². The molecule has 1 unspecified atom stereocenters. The van der Waals surface area contributed by atoms with E-state index in [0.29, 0.717) is 18.5 Å². The number of aliphatic carboxylic acids is 1. The molecule has 0 saturated carbocycles. The Kier molecular flexibility index (Phi) is 3.39. The van der Waals surface area contributed by atoms with Gasteiger partial charge in [-0.3, -0.25) is 9.59 Å². The molecule has 1 aliphatic rings. The van der Waals surface area contributed by atoms with Crippen LogP contribution in [0.15, 0.2) is 36.9 Å². The van der Waals surface area contributed by atoms with Crippen molar-refractivity contribution in [2.45, 2.75) is 6.42 Å². The van der Waals surface area contributed by atoms with Crippen molar-refractivity contribution >= 4 is 11.9 Å². The van der Waals surface area contributed by atoms with E-state index in [0.717, 1.165) is 5.69 Å². The topological polar surface area (TPSA) is 88.3 Å². The van der Waals surface area contributed by atoms with Crippen LogP contribution in [-0.2, 0) is 4.79 Å². The van der Waals surface area contributed by atoms with Crippen molar-refractivity contribution in [2.75, 3.05) is 13.1 Å². The van der Waals surface area contributed by atoms with Crippen molar-refractivity contribution in [2.24, 2.45) is 5.92 Å². The number of hydrogen-bond donors (Lipinski definition) is 1. The maximum absolute atomic E-state index is 12.4. The fraction of sp³-hybridized carbons (Fsp3) is 0.286. The van der Waals surface area contributed by atoms with Gasteiger partial charge in [0.1, 0.15) is 12.7 Å². The minimum Gasteiger partial charge on any atom is -0.481 e. The van der Waals surface area contributed by atoms with Crippen LogP contribution in [0.2, 0.25) is 0 Å². The molecule has 1 aliphatic heterocycles. The van der Waals surface area contributed by atoms with Gasteiger partial charge in [0.25, 0.3) is 5.91 Å². The van der Waals surface area contributed by atoms with Crippen molar-refractivity contribution in [3.8, 4) is 5.69 Å². The summed E-state index contributed by atoms with van der Waals surface area (Å²) in [5.41, 5.74) is 1.27. The van der Waals surface area contributed by atoms with E-state index >= 15 is 0 Å². The quantitative estimate of drug-likeness (QED) is 0.902. The van der Waals surface area contributed by atoms with Gasteiger partial charge in [-0.25, -0.2) is 9.67 Å². The Hall–Kier alpha value is -2.70. The van der Waals surface area contributed by atoms with Crippen LogP contribution in [0.25, 0.3) is 5.69 Å². The Labute approximate surface area is 120 Å². The lowest BCUT2D eigenvalue weighted by Crippen LogP contribution is -2.30. The first-order chi connectivity index (χ1) is 10.1. The Morgan fingerprint density at radius 3 is 2.86 bits per heavy atom. The molecule has 0 spiro atoms. The van der Waals surface area contributed by atoms with Gasteiger partial charge in [-0.2, -0.15) is 5.10 Å². The van der Waals surface area contributed by atoms with Crippen LogP contribution in [-0.4, -0.2) is 49.7 Å². The number of benzene rings is 1. The summed E-state index contributed by atoms with van der Waals surface area (Å²) < 4.78 is 1.57. The summed E-state index contributed by atoms with van der Waals surface area (Å²) in [6.45, 7) is 0.741. The SMILES string of the molecule is O=C(O)C1CCN(C(=O)c2cccc(-n3cncn3)c2)C1. The van der Waals surface area contributed by atoms with Gasteiger partial charge in [-0.1, -0.05) is 6.07 Å². The highest BCUT2D eigenvalue weighted by Gasteiger charge is 2.31. The van der Waals surface area contributed by atoms with Crippen LogP contribution in [0.4, 0.5) is 0 Å². The van der Waals surface area contributed by atoms with Crippen molar-refractivity contribution in [1.29, 1.82) is 0 Å². The zero-order valence-electron chi connectivity index (χ0n) is 11.2. The van der Waals surface area contributed by atoms with Crippen LogP contribution >= 0.6 is 0 Å².